The molecule has 1 aliphatic heterocycles. The average Bonchev–Trinajstić information content (AvgIpc) is 2.48. The third-order valence-electron chi connectivity index (χ3n) is 3.31. The van der Waals surface area contributed by atoms with Crippen molar-refractivity contribution in [3.05, 3.63) is 0 Å². The van der Waals surface area contributed by atoms with Crippen LogP contribution in [0.25, 0.3) is 0 Å². The van der Waals surface area contributed by atoms with Crippen molar-refractivity contribution in [2.24, 2.45) is 5.92 Å². The Labute approximate surface area is 104 Å². The van der Waals surface area contributed by atoms with Crippen LogP contribution in [0.3, 0.4) is 0 Å². The Bertz CT molecular complexity index is 235. The monoisotopic (exact) mass is 246 g/mol. The Hall–Kier alpha value is -0.280. The Balaban J connectivity index is 2.71. The molecule has 1 fully saturated rings. The van der Waals surface area contributed by atoms with Crippen molar-refractivity contribution < 1.29 is 4.79 Å². The van der Waals surface area contributed by atoms with Gasteiger partial charge in [-0.3, -0.25) is 4.79 Å². The molecular formula is C12H23ClN2O. The van der Waals surface area contributed by atoms with E-state index in [0.717, 1.165) is 32.5 Å². The summed E-state index contributed by atoms with van der Waals surface area (Å²) in [4.78, 5) is 16.5. The lowest BCUT2D eigenvalue weighted by Crippen LogP contribution is -2.46. The summed E-state index contributed by atoms with van der Waals surface area (Å²) in [6.07, 6.45) is 2.08. The number of carbonyl (C=O) groups excluding carboxylic acids is 1. The molecule has 0 bridgehead atoms. The van der Waals surface area contributed by atoms with Gasteiger partial charge in [0.1, 0.15) is 0 Å². The van der Waals surface area contributed by atoms with Gasteiger partial charge in [-0.2, -0.15) is 0 Å². The van der Waals surface area contributed by atoms with E-state index in [1.807, 2.05) is 11.8 Å². The fourth-order valence-corrected chi connectivity index (χ4v) is 2.36. The maximum absolute atomic E-state index is 12.2. The number of rotatable bonds is 3. The van der Waals surface area contributed by atoms with Gasteiger partial charge in [0.2, 0.25) is 5.91 Å². The van der Waals surface area contributed by atoms with E-state index in [2.05, 4.69) is 18.9 Å². The van der Waals surface area contributed by atoms with Crippen LogP contribution in [-0.2, 0) is 4.79 Å². The fourth-order valence-electron chi connectivity index (χ4n) is 2.23. The molecule has 0 aromatic heterocycles. The molecule has 1 amide bonds. The van der Waals surface area contributed by atoms with Crippen LogP contribution in [0.2, 0.25) is 0 Å². The van der Waals surface area contributed by atoms with Gasteiger partial charge in [-0.15, -0.1) is 11.6 Å². The van der Waals surface area contributed by atoms with Crippen LogP contribution in [0.4, 0.5) is 0 Å². The maximum atomic E-state index is 12.2. The smallest absolute Gasteiger partial charge is 0.226 e. The van der Waals surface area contributed by atoms with Gasteiger partial charge in [0, 0.05) is 30.9 Å². The molecular weight excluding hydrogens is 224 g/mol. The first-order chi connectivity index (χ1) is 7.60. The van der Waals surface area contributed by atoms with Crippen LogP contribution >= 0.6 is 11.6 Å². The number of amides is 1. The number of likely N-dealkylation sites (N-methyl/N-ethyl adjacent to an activating group) is 1. The zero-order chi connectivity index (χ0) is 12.1. The number of alkyl halides is 1. The zero-order valence-electron chi connectivity index (χ0n) is 10.6. The molecule has 2 atom stereocenters. The Morgan fingerprint density at radius 2 is 2.19 bits per heavy atom. The van der Waals surface area contributed by atoms with Crippen molar-refractivity contribution in [1.82, 2.24) is 9.80 Å². The number of halogens is 1. The predicted molar refractivity (Wildman–Crippen MR) is 67.8 cm³/mol. The molecule has 0 aliphatic carbocycles. The van der Waals surface area contributed by atoms with E-state index in [0.29, 0.717) is 11.9 Å². The second-order valence-electron chi connectivity index (χ2n) is 4.76. The Morgan fingerprint density at radius 3 is 2.75 bits per heavy atom. The average molecular weight is 247 g/mol. The lowest BCUT2D eigenvalue weighted by molar-refractivity contribution is -0.136. The van der Waals surface area contributed by atoms with Crippen LogP contribution in [0, 0.1) is 5.92 Å². The summed E-state index contributed by atoms with van der Waals surface area (Å²) >= 11 is 5.77. The second-order valence-corrected chi connectivity index (χ2v) is 5.07. The summed E-state index contributed by atoms with van der Waals surface area (Å²) in [5.41, 5.74) is 0. The molecule has 94 valence electrons. The van der Waals surface area contributed by atoms with Crippen molar-refractivity contribution in [3.8, 4) is 0 Å². The summed E-state index contributed by atoms with van der Waals surface area (Å²) in [6, 6.07) is 0.352. The van der Waals surface area contributed by atoms with E-state index in [9.17, 15) is 4.79 Å². The number of hydrogen-bond acceptors (Lipinski definition) is 2. The quantitative estimate of drug-likeness (QED) is 0.709. The van der Waals surface area contributed by atoms with E-state index < -0.39 is 0 Å². The zero-order valence-corrected chi connectivity index (χ0v) is 11.3. The highest BCUT2D eigenvalue weighted by Crippen LogP contribution is 2.15. The molecule has 0 radical (unpaired) electrons. The third kappa shape index (κ3) is 3.36. The van der Waals surface area contributed by atoms with Gasteiger partial charge in [-0.25, -0.2) is 0 Å². The summed E-state index contributed by atoms with van der Waals surface area (Å²) < 4.78 is 0. The topological polar surface area (TPSA) is 23.6 Å². The molecule has 3 nitrogen and oxygen atoms in total. The highest BCUT2D eigenvalue weighted by atomic mass is 35.5. The molecule has 1 saturated heterocycles. The first kappa shape index (κ1) is 13.8. The van der Waals surface area contributed by atoms with Crippen molar-refractivity contribution in [2.45, 2.75) is 32.7 Å². The molecule has 0 spiro atoms. The molecule has 0 aromatic carbocycles. The van der Waals surface area contributed by atoms with Crippen LogP contribution in [-0.4, -0.2) is 54.3 Å². The number of carbonyl (C=O) groups is 1. The van der Waals surface area contributed by atoms with Gasteiger partial charge in [-0.05, 0) is 26.4 Å². The van der Waals surface area contributed by atoms with Crippen molar-refractivity contribution in [3.63, 3.8) is 0 Å². The second kappa shape index (κ2) is 6.45. The fraction of sp³-hybridized carbons (Fsp3) is 0.917. The summed E-state index contributed by atoms with van der Waals surface area (Å²) in [5.74, 6) is 0.581. The SMILES string of the molecule is CCC1CN(C)CCCN1C(=O)C(C)CCl. The minimum atomic E-state index is -0.0564. The largest absolute Gasteiger partial charge is 0.338 e. The van der Waals surface area contributed by atoms with Crippen LogP contribution in [0.15, 0.2) is 0 Å². The van der Waals surface area contributed by atoms with E-state index in [4.69, 9.17) is 11.6 Å². The molecule has 0 N–H and O–H groups in total. The van der Waals surface area contributed by atoms with Gasteiger partial charge in [0.25, 0.3) is 0 Å². The van der Waals surface area contributed by atoms with Crippen LogP contribution in [0.5, 0.6) is 0 Å². The van der Waals surface area contributed by atoms with Gasteiger partial charge in [-0.1, -0.05) is 13.8 Å². The van der Waals surface area contributed by atoms with E-state index in [1.165, 1.54) is 0 Å². The van der Waals surface area contributed by atoms with Crippen molar-refractivity contribution in [2.75, 3.05) is 32.6 Å². The lowest BCUT2D eigenvalue weighted by atomic mass is 10.1. The highest BCUT2D eigenvalue weighted by Gasteiger charge is 2.28. The highest BCUT2D eigenvalue weighted by molar-refractivity contribution is 6.19. The van der Waals surface area contributed by atoms with Gasteiger partial charge >= 0.3 is 0 Å². The van der Waals surface area contributed by atoms with E-state index in [-0.39, 0.29) is 11.8 Å². The minimum Gasteiger partial charge on any atom is -0.338 e. The van der Waals surface area contributed by atoms with Gasteiger partial charge in [0.15, 0.2) is 0 Å². The summed E-state index contributed by atoms with van der Waals surface area (Å²) in [7, 11) is 2.13. The lowest BCUT2D eigenvalue weighted by Gasteiger charge is -2.32. The van der Waals surface area contributed by atoms with Crippen LogP contribution < -0.4 is 0 Å². The Morgan fingerprint density at radius 1 is 1.50 bits per heavy atom. The van der Waals surface area contributed by atoms with Gasteiger partial charge in [0.05, 0.1) is 0 Å². The molecule has 4 heteroatoms. The predicted octanol–water partition coefficient (Wildman–Crippen LogP) is 1.80. The Kier molecular flexibility index (Phi) is 5.56. The van der Waals surface area contributed by atoms with Crippen molar-refractivity contribution >= 4 is 17.5 Å². The molecule has 0 aromatic rings. The maximum Gasteiger partial charge on any atom is 0.226 e. The summed E-state index contributed by atoms with van der Waals surface area (Å²) in [5, 5.41) is 0. The minimum absolute atomic E-state index is 0.0564. The van der Waals surface area contributed by atoms with Gasteiger partial charge < -0.3 is 9.80 Å². The molecule has 0 saturated carbocycles. The summed E-state index contributed by atoms with van der Waals surface area (Å²) in [6.45, 7) is 7.00. The number of nitrogens with zero attached hydrogens (tertiary/aromatic N) is 2. The first-order valence-corrected chi connectivity index (χ1v) is 6.68. The molecule has 16 heavy (non-hydrogen) atoms. The first-order valence-electron chi connectivity index (χ1n) is 6.15. The normalized spacial score (nSPS) is 25.2. The molecule has 1 aliphatic rings. The molecule has 1 rings (SSSR count). The standard InChI is InChI=1S/C12H23ClN2O/c1-4-11-9-14(3)6-5-7-15(11)12(16)10(2)8-13/h10-11H,4-9H2,1-3H3. The van der Waals surface area contributed by atoms with Crippen LogP contribution in [0.1, 0.15) is 26.7 Å². The van der Waals surface area contributed by atoms with E-state index >= 15 is 0 Å². The van der Waals surface area contributed by atoms with Crippen molar-refractivity contribution in [1.29, 1.82) is 0 Å². The molecule has 1 heterocycles. The number of hydrogen-bond donors (Lipinski definition) is 0. The third-order valence-corrected chi connectivity index (χ3v) is 3.77. The molecule has 2 unspecified atom stereocenters. The van der Waals surface area contributed by atoms with E-state index in [1.54, 1.807) is 0 Å².